The van der Waals surface area contributed by atoms with E-state index in [1.165, 1.54) is 7.11 Å². The van der Waals surface area contributed by atoms with Gasteiger partial charge in [0.1, 0.15) is 5.75 Å². The number of halogens is 1. The van der Waals surface area contributed by atoms with Crippen LogP contribution in [0.25, 0.3) is 0 Å². The fourth-order valence-corrected chi connectivity index (χ4v) is 2.84. The van der Waals surface area contributed by atoms with E-state index in [1.54, 1.807) is 48.5 Å². The third-order valence-electron chi connectivity index (χ3n) is 2.93. The van der Waals surface area contributed by atoms with Gasteiger partial charge in [0, 0.05) is 5.02 Å². The first-order valence-electron chi connectivity index (χ1n) is 6.09. The van der Waals surface area contributed by atoms with Crippen LogP contribution in [0.4, 0.5) is 0 Å². The summed E-state index contributed by atoms with van der Waals surface area (Å²) in [5, 5.41) is 5.56. The van der Waals surface area contributed by atoms with Gasteiger partial charge in [0.2, 0.25) is 0 Å². The lowest BCUT2D eigenvalue weighted by Crippen LogP contribution is -2.35. The number of nitrogens with one attached hydrogen (secondary N) is 1. The summed E-state index contributed by atoms with van der Waals surface area (Å²) in [5.41, 5.74) is 1.29. The molecule has 3 N–H and O–H groups in total. The third-order valence-corrected chi connectivity index (χ3v) is 3.83. The van der Waals surface area contributed by atoms with Gasteiger partial charge in [-0.15, -0.1) is 0 Å². The number of hydrogen-bond acceptors (Lipinski definition) is 3. The van der Waals surface area contributed by atoms with E-state index in [0.29, 0.717) is 21.9 Å². The van der Waals surface area contributed by atoms with Gasteiger partial charge in [-0.05, 0) is 29.3 Å². The molecule has 0 aliphatic rings. The second kappa shape index (κ2) is 6.44. The smallest absolute Gasteiger partial charge is 0.275 e. The van der Waals surface area contributed by atoms with Crippen molar-refractivity contribution in [3.05, 3.63) is 64.7 Å². The molecule has 0 aromatic heterocycles. The summed E-state index contributed by atoms with van der Waals surface area (Å²) in [4.78, 5) is 0. The second-order valence-electron chi connectivity index (χ2n) is 4.39. The molecule has 0 aliphatic carbocycles. The van der Waals surface area contributed by atoms with Gasteiger partial charge in [0.15, 0.2) is 0 Å². The molecule has 2 aromatic carbocycles. The number of methoxy groups -OCH3 is 1. The lowest BCUT2D eigenvalue weighted by Gasteiger charge is -2.20. The van der Waals surface area contributed by atoms with Gasteiger partial charge < -0.3 is 4.74 Å². The van der Waals surface area contributed by atoms with Gasteiger partial charge in [-0.1, -0.05) is 41.9 Å². The molecule has 5 nitrogen and oxygen atoms in total. The van der Waals surface area contributed by atoms with Gasteiger partial charge in [-0.2, -0.15) is 13.1 Å². The average Bonchev–Trinajstić information content (AvgIpc) is 2.45. The normalized spacial score (nSPS) is 12.9. The number of ether oxygens (including phenoxy) is 1. The first kappa shape index (κ1) is 15.8. The summed E-state index contributed by atoms with van der Waals surface area (Å²) in [5.74, 6) is 0.612. The lowest BCUT2D eigenvalue weighted by molar-refractivity contribution is 0.414. The summed E-state index contributed by atoms with van der Waals surface area (Å²) in [6.07, 6.45) is 0. The Morgan fingerprint density at radius 2 is 1.90 bits per heavy atom. The molecule has 7 heteroatoms. The van der Waals surface area contributed by atoms with Crippen molar-refractivity contribution in [3.63, 3.8) is 0 Å². The summed E-state index contributed by atoms with van der Waals surface area (Å²) in [6.45, 7) is 0. The molecule has 0 aliphatic heterocycles. The van der Waals surface area contributed by atoms with E-state index in [2.05, 4.69) is 4.72 Å². The molecule has 0 bridgehead atoms. The zero-order valence-electron chi connectivity index (χ0n) is 11.3. The Kier molecular flexibility index (Phi) is 4.84. The van der Waals surface area contributed by atoms with Crippen molar-refractivity contribution >= 4 is 21.8 Å². The zero-order chi connectivity index (χ0) is 15.5. The van der Waals surface area contributed by atoms with Gasteiger partial charge in [0.05, 0.1) is 13.2 Å². The zero-order valence-corrected chi connectivity index (χ0v) is 12.9. The van der Waals surface area contributed by atoms with E-state index >= 15 is 0 Å². The van der Waals surface area contributed by atoms with Crippen molar-refractivity contribution in [1.29, 1.82) is 0 Å². The molecule has 0 fully saturated rings. The summed E-state index contributed by atoms with van der Waals surface area (Å²) in [6, 6.07) is 13.3. The molecule has 2 aromatic rings. The van der Waals surface area contributed by atoms with Gasteiger partial charge >= 0.3 is 0 Å². The summed E-state index contributed by atoms with van der Waals surface area (Å²) in [7, 11) is -2.37. The molecular weight excluding hydrogens is 312 g/mol. The fourth-order valence-electron chi connectivity index (χ4n) is 2.01. The Morgan fingerprint density at radius 3 is 2.52 bits per heavy atom. The van der Waals surface area contributed by atoms with Crippen LogP contribution in [0.2, 0.25) is 5.02 Å². The molecule has 21 heavy (non-hydrogen) atoms. The second-order valence-corrected chi connectivity index (χ2v) is 6.13. The van der Waals surface area contributed by atoms with Crippen molar-refractivity contribution in [3.8, 4) is 5.75 Å². The van der Waals surface area contributed by atoms with Crippen LogP contribution in [0.3, 0.4) is 0 Å². The monoisotopic (exact) mass is 326 g/mol. The Balaban J connectivity index is 2.53. The van der Waals surface area contributed by atoms with E-state index in [1.807, 2.05) is 0 Å². The highest BCUT2D eigenvalue weighted by atomic mass is 35.5. The largest absolute Gasteiger partial charge is 0.497 e. The minimum atomic E-state index is -3.91. The van der Waals surface area contributed by atoms with Crippen LogP contribution in [0.1, 0.15) is 17.2 Å². The van der Waals surface area contributed by atoms with E-state index < -0.39 is 16.3 Å². The van der Waals surface area contributed by atoms with Crippen LogP contribution < -0.4 is 14.6 Å². The maximum absolute atomic E-state index is 11.4. The molecule has 112 valence electrons. The van der Waals surface area contributed by atoms with Gasteiger partial charge in [-0.25, -0.2) is 5.14 Å². The van der Waals surface area contributed by atoms with Crippen molar-refractivity contribution in [2.75, 3.05) is 7.11 Å². The van der Waals surface area contributed by atoms with Crippen LogP contribution in [-0.2, 0) is 10.2 Å². The fraction of sp³-hybridized carbons (Fsp3) is 0.143. The highest BCUT2D eigenvalue weighted by Crippen LogP contribution is 2.30. The molecule has 0 radical (unpaired) electrons. The molecule has 1 atom stereocenters. The predicted octanol–water partition coefficient (Wildman–Crippen LogP) is 2.23. The Hall–Kier alpha value is -1.60. The lowest BCUT2D eigenvalue weighted by atomic mass is 9.99. The topological polar surface area (TPSA) is 81.4 Å². The van der Waals surface area contributed by atoms with Crippen LogP contribution in [0.5, 0.6) is 5.75 Å². The van der Waals surface area contributed by atoms with Crippen molar-refractivity contribution < 1.29 is 13.2 Å². The summed E-state index contributed by atoms with van der Waals surface area (Å²) >= 11 is 6.16. The molecule has 0 amide bonds. The molecular formula is C14H15ClN2O3S. The molecule has 2 rings (SSSR count). The number of hydrogen-bond donors (Lipinski definition) is 2. The SMILES string of the molecule is COc1cccc([C@H](NS(N)(=O)=O)c2ccccc2Cl)c1. The number of nitrogens with two attached hydrogens (primary N) is 1. The quantitative estimate of drug-likeness (QED) is 0.884. The van der Waals surface area contributed by atoms with Crippen LogP contribution >= 0.6 is 11.6 Å². The Labute approximate surface area is 128 Å². The number of rotatable bonds is 5. The van der Waals surface area contributed by atoms with Gasteiger partial charge in [0.25, 0.3) is 10.2 Å². The average molecular weight is 327 g/mol. The maximum atomic E-state index is 11.4. The maximum Gasteiger partial charge on any atom is 0.275 e. The third kappa shape index (κ3) is 4.18. The minimum Gasteiger partial charge on any atom is -0.497 e. The first-order valence-corrected chi connectivity index (χ1v) is 8.01. The van der Waals surface area contributed by atoms with Crippen LogP contribution in [0, 0.1) is 0 Å². The van der Waals surface area contributed by atoms with E-state index in [0.717, 1.165) is 0 Å². The van der Waals surface area contributed by atoms with E-state index in [9.17, 15) is 8.42 Å². The van der Waals surface area contributed by atoms with Crippen LogP contribution in [0.15, 0.2) is 48.5 Å². The molecule has 0 spiro atoms. The molecule has 0 heterocycles. The Morgan fingerprint density at radius 1 is 1.19 bits per heavy atom. The highest BCUT2D eigenvalue weighted by Gasteiger charge is 2.21. The first-order chi connectivity index (χ1) is 9.90. The minimum absolute atomic E-state index is 0.446. The van der Waals surface area contributed by atoms with Crippen molar-refractivity contribution in [1.82, 2.24) is 4.72 Å². The molecule has 0 saturated carbocycles. The van der Waals surface area contributed by atoms with E-state index in [-0.39, 0.29) is 0 Å². The van der Waals surface area contributed by atoms with Crippen LogP contribution in [-0.4, -0.2) is 15.5 Å². The highest BCUT2D eigenvalue weighted by molar-refractivity contribution is 7.87. The standard InChI is InChI=1S/C14H15ClN2O3S/c1-20-11-6-4-5-10(9-11)14(17-21(16,18)19)12-7-2-3-8-13(12)15/h2-9,14,17H,1H3,(H2,16,18,19)/t14-/m0/s1. The molecule has 0 saturated heterocycles. The van der Waals surface area contributed by atoms with Crippen molar-refractivity contribution in [2.24, 2.45) is 5.14 Å². The van der Waals surface area contributed by atoms with Crippen molar-refractivity contribution in [2.45, 2.75) is 6.04 Å². The summed E-state index contributed by atoms with van der Waals surface area (Å²) < 4.78 is 30.4. The Bertz CT molecular complexity index is 735. The molecule has 0 unspecified atom stereocenters. The van der Waals surface area contributed by atoms with E-state index in [4.69, 9.17) is 21.5 Å². The van der Waals surface area contributed by atoms with Gasteiger partial charge in [-0.3, -0.25) is 0 Å². The number of benzene rings is 2. The predicted molar refractivity (Wildman–Crippen MR) is 82.5 cm³/mol.